The summed E-state index contributed by atoms with van der Waals surface area (Å²) >= 11 is 1.88. The zero-order chi connectivity index (χ0) is 75.7. The van der Waals surface area contributed by atoms with Gasteiger partial charge in [0.15, 0.2) is 5.78 Å². The number of carbonyl (C=O) groups excluding carboxylic acids is 8. The van der Waals surface area contributed by atoms with Crippen LogP contribution in [-0.4, -0.2) is 229 Å². The molecule has 0 radical (unpaired) electrons. The summed E-state index contributed by atoms with van der Waals surface area (Å²) in [4.78, 5) is 133. The molecule has 4 heterocycles. The summed E-state index contributed by atoms with van der Waals surface area (Å²) in [5, 5.41) is 49.5. The van der Waals surface area contributed by atoms with Gasteiger partial charge in [0.25, 0.3) is 22.9 Å². The van der Waals surface area contributed by atoms with Crippen LogP contribution in [0.5, 0.6) is 5.75 Å². The van der Waals surface area contributed by atoms with E-state index in [0.717, 1.165) is 49.0 Å². The third-order valence-corrected chi connectivity index (χ3v) is 19.3. The molecule has 106 heavy (non-hydrogen) atoms. The summed E-state index contributed by atoms with van der Waals surface area (Å²) in [5.74, 6) is -0.617. The highest BCUT2D eigenvalue weighted by Crippen LogP contribution is 2.37. The standard InChI is InChI=1S/C73H109N15O17S/c1-73(2)48-58(89)65(59(90)49-73)55(74-34-39-102-43-44-103-40-35-79-70(97)67-83-86-88(84-67)51-19-7-6-8-20-51)21-9-11-24-61(91)75-31-15-13-22-56(80-64(94)29-28-63(93)76-30-14-4-5-16-38-105-52-26-27-53-54(47-52)68(95)85-87(3)71(53)98)69(96)78-33-18-37-101-42-46-104-45-41-100-36-17-32-77-62(92)25-12-10-23-60-66-57(50-106-60)81-72(99)82-66/h6-8,19-20,26-27,47,56-57,60,66,89H,4-5,9-18,21-25,28-46,48-50H2,1-3H3,(H,75,91)(H,76,93)(H,77,92)(H,78,96)(H,79,97)(H,80,94)(H,85,95)(H2,81,82,99)/t56-,57-,60-,66-/m0/s1. The van der Waals surface area contributed by atoms with Gasteiger partial charge in [0.2, 0.25) is 29.5 Å². The first-order valence-electron chi connectivity index (χ1n) is 37.3. The van der Waals surface area contributed by atoms with Gasteiger partial charge in [-0.25, -0.2) is 4.79 Å². The Kier molecular flexibility index (Phi) is 37.6. The van der Waals surface area contributed by atoms with Crippen LogP contribution in [-0.2, 0) is 59.5 Å². The number of amides is 8. The third-order valence-electron chi connectivity index (χ3n) is 17.8. The Balaban J connectivity index is 0.744. The predicted molar refractivity (Wildman–Crippen MR) is 398 cm³/mol. The van der Waals surface area contributed by atoms with Gasteiger partial charge in [0.1, 0.15) is 17.6 Å². The van der Waals surface area contributed by atoms with Crippen LogP contribution in [0.4, 0.5) is 4.79 Å². The lowest BCUT2D eigenvalue weighted by atomic mass is 9.75. The van der Waals surface area contributed by atoms with Gasteiger partial charge in [-0.3, -0.25) is 57.9 Å². The van der Waals surface area contributed by atoms with Crippen molar-refractivity contribution in [2.75, 3.05) is 118 Å². The molecule has 33 heteroatoms. The van der Waals surface area contributed by atoms with E-state index in [1.165, 1.54) is 11.8 Å². The number of hydrogen-bond acceptors (Lipinski definition) is 22. The highest BCUT2D eigenvalue weighted by Gasteiger charge is 2.42. The Morgan fingerprint density at radius 3 is 1.97 bits per heavy atom. The number of H-pyrrole nitrogens is 1. The molecule has 0 unspecified atom stereocenters. The molecular formula is C73H109N15O17S. The van der Waals surface area contributed by atoms with Crippen molar-refractivity contribution in [3.63, 3.8) is 0 Å². The molecule has 0 spiro atoms. The number of urea groups is 1. The predicted octanol–water partition coefficient (Wildman–Crippen LogP) is 4.26. The second-order valence-electron chi connectivity index (χ2n) is 27.2. The topological polar surface area (TPSA) is 419 Å². The van der Waals surface area contributed by atoms with Crippen molar-refractivity contribution in [1.29, 1.82) is 0 Å². The van der Waals surface area contributed by atoms with Crippen molar-refractivity contribution in [3.8, 4) is 11.4 Å². The molecule has 32 nitrogen and oxygen atoms in total. The van der Waals surface area contributed by atoms with Gasteiger partial charge in [0, 0.05) is 108 Å². The van der Waals surface area contributed by atoms with E-state index >= 15 is 0 Å². The number of benzene rings is 2. The lowest BCUT2D eigenvalue weighted by molar-refractivity contribution is -0.130. The van der Waals surface area contributed by atoms with E-state index in [1.54, 1.807) is 30.3 Å². The lowest BCUT2D eigenvalue weighted by Crippen LogP contribution is -2.47. The molecule has 4 atom stereocenters. The van der Waals surface area contributed by atoms with E-state index in [0.29, 0.717) is 158 Å². The number of Topliss-reactive ketones (excluding diaryl/α,β-unsaturated/α-hetero) is 1. The van der Waals surface area contributed by atoms with Crippen molar-refractivity contribution in [2.24, 2.45) is 17.5 Å². The largest absolute Gasteiger partial charge is 0.511 e. The van der Waals surface area contributed by atoms with E-state index < -0.39 is 23.3 Å². The number of aryl methyl sites for hydroxylation is 1. The van der Waals surface area contributed by atoms with Crippen LogP contribution in [0.3, 0.4) is 0 Å². The number of aliphatic imine (C=N–C) groups is 1. The third kappa shape index (κ3) is 31.1. The zero-order valence-electron chi connectivity index (χ0n) is 61.6. The van der Waals surface area contributed by atoms with Gasteiger partial charge in [-0.1, -0.05) is 51.3 Å². The van der Waals surface area contributed by atoms with Crippen molar-refractivity contribution in [1.82, 2.24) is 72.5 Å². The minimum absolute atomic E-state index is 0.00242. The monoisotopic (exact) mass is 1500 g/mol. The molecule has 584 valence electrons. The lowest BCUT2D eigenvalue weighted by Gasteiger charge is -2.30. The van der Waals surface area contributed by atoms with Gasteiger partial charge in [-0.05, 0) is 118 Å². The molecule has 4 aromatic rings. The fraction of sp³-hybridized carbons (Fsp3) is 0.644. The summed E-state index contributed by atoms with van der Waals surface area (Å²) in [6, 6.07) is 13.3. The molecule has 7 rings (SSSR count). The van der Waals surface area contributed by atoms with Gasteiger partial charge < -0.3 is 76.1 Å². The molecule has 0 bridgehead atoms. The number of nitrogens with zero attached hydrogens (tertiary/aromatic N) is 6. The molecule has 8 amide bonds. The van der Waals surface area contributed by atoms with Crippen LogP contribution in [0.25, 0.3) is 16.5 Å². The normalized spacial score (nSPS) is 16.4. The van der Waals surface area contributed by atoms with E-state index in [2.05, 4.69) is 63.0 Å². The van der Waals surface area contributed by atoms with Crippen LogP contribution in [0, 0.1) is 5.41 Å². The number of aromatic amines is 1. The van der Waals surface area contributed by atoms with Crippen LogP contribution in [0.1, 0.15) is 159 Å². The molecule has 1 aliphatic carbocycles. The first-order chi connectivity index (χ1) is 51.3. The van der Waals surface area contributed by atoms with Crippen LogP contribution < -0.4 is 58.4 Å². The minimum Gasteiger partial charge on any atom is -0.511 e. The average Bonchev–Trinajstić information content (AvgIpc) is 1.19. The SMILES string of the molecule is Cn1[nH]c(=O)c2cc(OCCCCCCNC(=O)CCC(=O)N[C@@H](CCCCNC(=O)CCCCC(=NCCOCCOCCNC(=O)c3nnn(-c4ccccc4)n3)C3=C(O)CC(C)(C)CC3=O)C(=O)NCCCOCCOCCOCCCNC(=O)CCCC[C@@H]3SC[C@@H]4NC(=O)N[C@@H]43)ccc2c1=O. The second-order valence-corrected chi connectivity index (χ2v) is 28.4. The average molecular weight is 1500 g/mol. The number of ketones is 1. The number of thioether (sulfide) groups is 1. The molecule has 2 aromatic carbocycles. The summed E-state index contributed by atoms with van der Waals surface area (Å²) in [6.45, 7) is 9.51. The first kappa shape index (κ1) is 84.6. The summed E-state index contributed by atoms with van der Waals surface area (Å²) < 4.78 is 35.3. The van der Waals surface area contributed by atoms with E-state index in [9.17, 15) is 53.1 Å². The van der Waals surface area contributed by atoms with Crippen LogP contribution >= 0.6 is 11.8 Å². The maximum absolute atomic E-state index is 13.6. The van der Waals surface area contributed by atoms with Crippen LogP contribution in [0.15, 0.2) is 74.4 Å². The smallest absolute Gasteiger partial charge is 0.315 e. The fourth-order valence-electron chi connectivity index (χ4n) is 12.2. The number of aliphatic hydroxyl groups excluding tert-OH is 1. The summed E-state index contributed by atoms with van der Waals surface area (Å²) in [6.07, 6.45) is 10.6. The Morgan fingerprint density at radius 2 is 1.25 bits per heavy atom. The molecule has 2 fully saturated rings. The number of hydrogen-bond donors (Lipinski definition) is 10. The number of allylic oxidation sites excluding steroid dienone is 2. The molecule has 2 saturated heterocycles. The van der Waals surface area contributed by atoms with Crippen LogP contribution in [0.2, 0.25) is 0 Å². The van der Waals surface area contributed by atoms with E-state index in [1.807, 2.05) is 43.8 Å². The van der Waals surface area contributed by atoms with E-state index in [-0.39, 0.29) is 159 Å². The number of tetrazole rings is 1. The Morgan fingerprint density at radius 1 is 0.632 bits per heavy atom. The minimum atomic E-state index is -0.900. The van der Waals surface area contributed by atoms with Crippen molar-refractivity contribution >= 4 is 75.5 Å². The van der Waals surface area contributed by atoms with Crippen molar-refractivity contribution in [3.05, 3.63) is 86.4 Å². The molecule has 2 aromatic heterocycles. The maximum Gasteiger partial charge on any atom is 0.315 e. The number of aliphatic hydroxyl groups is 1. The summed E-state index contributed by atoms with van der Waals surface area (Å²) in [7, 11) is 1.48. The van der Waals surface area contributed by atoms with Gasteiger partial charge in [-0.2, -0.15) is 11.8 Å². The Bertz CT molecular complexity index is 3640. The number of nitrogens with one attached hydrogen (secondary N) is 9. The second kappa shape index (κ2) is 47.1. The van der Waals surface area contributed by atoms with E-state index in [4.69, 9.17) is 33.4 Å². The summed E-state index contributed by atoms with van der Waals surface area (Å²) in [5.41, 5.74) is 0.278. The number of carbonyl (C=O) groups is 8. The number of rotatable bonds is 54. The van der Waals surface area contributed by atoms with Gasteiger partial charge in [0.05, 0.1) is 100 Å². The maximum atomic E-state index is 13.6. The molecule has 10 N–H and O–H groups in total. The highest BCUT2D eigenvalue weighted by molar-refractivity contribution is 8.00. The number of unbranched alkanes of at least 4 members (excludes halogenated alkanes) is 6. The first-order valence-corrected chi connectivity index (χ1v) is 38.3. The van der Waals surface area contributed by atoms with Crippen molar-refractivity contribution < 1.29 is 71.9 Å². The fourth-order valence-corrected chi connectivity index (χ4v) is 13.8. The number of para-hydroxylation sites is 1. The molecular weight excluding hydrogens is 1390 g/mol. The highest BCUT2D eigenvalue weighted by atomic mass is 32.2. The number of fused-ring (bicyclic) bond motifs is 2. The molecule has 2 aliphatic heterocycles. The Hall–Kier alpha value is -8.63. The number of ether oxygens (including phenoxy) is 6. The quantitative estimate of drug-likeness (QED) is 0.0168. The molecule has 0 saturated carbocycles. The van der Waals surface area contributed by atoms with Crippen molar-refractivity contribution in [2.45, 2.75) is 172 Å². The van der Waals surface area contributed by atoms with Gasteiger partial charge >= 0.3 is 6.03 Å². The van der Waals surface area contributed by atoms with Gasteiger partial charge in [-0.15, -0.1) is 15.0 Å². The molecule has 3 aliphatic rings. The number of aromatic nitrogens is 6. The zero-order valence-corrected chi connectivity index (χ0v) is 62.4. The Labute approximate surface area is 622 Å².